The molecule has 1 saturated heterocycles. The van der Waals surface area contributed by atoms with Crippen molar-refractivity contribution in [3.8, 4) is 0 Å². The minimum Gasteiger partial charge on any atom is -0.368 e. The van der Waals surface area contributed by atoms with Gasteiger partial charge < -0.3 is 20.9 Å². The Labute approximate surface area is 283 Å². The van der Waals surface area contributed by atoms with Crippen molar-refractivity contribution in [1.82, 2.24) is 20.1 Å². The molecule has 0 saturated carbocycles. The summed E-state index contributed by atoms with van der Waals surface area (Å²) in [5.41, 5.74) is 9.01. The second kappa shape index (κ2) is 14.2. The van der Waals surface area contributed by atoms with Crippen molar-refractivity contribution in [2.24, 2.45) is 5.73 Å². The highest BCUT2D eigenvalue weighted by Gasteiger charge is 2.43. The van der Waals surface area contributed by atoms with Crippen molar-refractivity contribution in [2.75, 3.05) is 13.1 Å². The number of nitrogens with zero attached hydrogens (tertiary/aromatic N) is 3. The van der Waals surface area contributed by atoms with Gasteiger partial charge in [0.2, 0.25) is 17.7 Å². The van der Waals surface area contributed by atoms with Crippen LogP contribution in [0.25, 0.3) is 21.7 Å². The van der Waals surface area contributed by atoms with Gasteiger partial charge in [0.05, 0.1) is 18.5 Å². The summed E-state index contributed by atoms with van der Waals surface area (Å²) in [5, 5.41) is 6.05. The molecule has 5 aromatic rings. The lowest BCUT2D eigenvalue weighted by atomic mass is 9.96. The predicted octanol–water partition coefficient (Wildman–Crippen LogP) is 4.99. The lowest BCUT2D eigenvalue weighted by Gasteiger charge is -2.36. The molecule has 1 aliphatic rings. The van der Waals surface area contributed by atoms with E-state index in [0.29, 0.717) is 17.0 Å². The van der Waals surface area contributed by atoms with E-state index in [9.17, 15) is 19.2 Å². The molecule has 1 aliphatic heterocycles. The van der Waals surface area contributed by atoms with Crippen LogP contribution >= 0.6 is 11.6 Å². The average Bonchev–Trinajstić information content (AvgIpc) is 3.21. The Morgan fingerprint density at radius 3 is 2.54 bits per heavy atom. The quantitative estimate of drug-likeness (QED) is 0.230. The van der Waals surface area contributed by atoms with Crippen LogP contribution in [0.1, 0.15) is 36.1 Å². The number of hydrogen-bond donors (Lipinski definition) is 2. The van der Waals surface area contributed by atoms with E-state index in [1.54, 1.807) is 30.5 Å². The number of hydrogen-bond acceptors (Lipinski definition) is 5. The van der Waals surface area contributed by atoms with Gasteiger partial charge in [-0.05, 0) is 71.1 Å². The maximum absolute atomic E-state index is 14.6. The molecular formula is C38H36ClN5O4. The Morgan fingerprint density at radius 1 is 0.958 bits per heavy atom. The van der Waals surface area contributed by atoms with Crippen LogP contribution in [-0.4, -0.2) is 63.6 Å². The molecule has 9 nitrogen and oxygen atoms in total. The number of amides is 4. The van der Waals surface area contributed by atoms with Gasteiger partial charge in [-0.2, -0.15) is 0 Å². The molecule has 0 radical (unpaired) electrons. The summed E-state index contributed by atoms with van der Waals surface area (Å²) in [6.45, 7) is 1.77. The summed E-state index contributed by atoms with van der Waals surface area (Å²) in [4.78, 5) is 61.9. The Morgan fingerprint density at radius 2 is 1.73 bits per heavy atom. The average molecular weight is 662 g/mol. The minimum atomic E-state index is -1.09. The number of pyridine rings is 1. The summed E-state index contributed by atoms with van der Waals surface area (Å²) in [5.74, 6) is -1.82. The predicted molar refractivity (Wildman–Crippen MR) is 186 cm³/mol. The van der Waals surface area contributed by atoms with Crippen LogP contribution < -0.4 is 11.1 Å². The third-order valence-electron chi connectivity index (χ3n) is 8.98. The monoisotopic (exact) mass is 661 g/mol. The normalized spacial score (nSPS) is 17.2. The number of carbonyl (C=O) groups is 4. The molecule has 0 bridgehead atoms. The van der Waals surface area contributed by atoms with E-state index in [1.807, 2.05) is 79.7 Å². The first-order valence-electron chi connectivity index (χ1n) is 15.9. The maximum atomic E-state index is 14.6. The summed E-state index contributed by atoms with van der Waals surface area (Å²) in [6, 6.07) is 27.4. The number of rotatable bonds is 9. The van der Waals surface area contributed by atoms with Gasteiger partial charge in [-0.15, -0.1) is 0 Å². The summed E-state index contributed by atoms with van der Waals surface area (Å²) < 4.78 is 0. The van der Waals surface area contributed by atoms with Gasteiger partial charge in [0.25, 0.3) is 5.91 Å². The van der Waals surface area contributed by atoms with E-state index in [1.165, 1.54) is 9.80 Å². The molecule has 1 fully saturated rings. The number of aromatic nitrogens is 1. The van der Waals surface area contributed by atoms with E-state index in [2.05, 4.69) is 10.3 Å². The second-order valence-electron chi connectivity index (χ2n) is 12.2. The largest absolute Gasteiger partial charge is 0.368 e. The highest BCUT2D eigenvalue weighted by Crippen LogP contribution is 2.33. The molecule has 4 aromatic carbocycles. The SMILES string of the molecule is C[C@@H]1CCN([C@H](Cc2cccc3ccccc23)C(N)=O)C(=O)[C@H](c2cccc(Cl)c2)N1C(=O)CNC(=O)Cc1ccc2ncccc2c1. The fraction of sp³-hybridized carbons (Fsp3) is 0.237. The van der Waals surface area contributed by atoms with E-state index in [0.717, 1.165) is 32.8 Å². The molecule has 1 aromatic heterocycles. The van der Waals surface area contributed by atoms with Gasteiger partial charge in [0.1, 0.15) is 12.1 Å². The molecule has 4 amide bonds. The van der Waals surface area contributed by atoms with Crippen molar-refractivity contribution in [3.63, 3.8) is 0 Å². The number of primary amides is 1. The molecule has 244 valence electrons. The standard InChI is InChI=1S/C38H36ClN5O4/c1-24-16-18-43(33(37(40)47)22-27-9-4-8-26-7-2-3-13-31(26)27)38(48)36(29-10-5-12-30(39)21-29)44(24)35(46)23-42-34(45)20-25-14-15-32-28(19-25)11-6-17-41-32/h2-15,17,19,21,24,33,36H,16,18,20,22-23H2,1H3,(H2,40,47)(H,42,45)/t24-,33-,36+/m1/s1. The van der Waals surface area contributed by atoms with E-state index >= 15 is 0 Å². The first kappa shape index (κ1) is 32.7. The fourth-order valence-corrected chi connectivity index (χ4v) is 6.78. The van der Waals surface area contributed by atoms with Crippen LogP contribution in [0.4, 0.5) is 0 Å². The van der Waals surface area contributed by atoms with Gasteiger partial charge in [0.15, 0.2) is 0 Å². The Hall–Kier alpha value is -5.28. The Kier molecular flexibility index (Phi) is 9.68. The maximum Gasteiger partial charge on any atom is 0.250 e. The van der Waals surface area contributed by atoms with Crippen molar-refractivity contribution in [1.29, 1.82) is 0 Å². The number of nitrogens with one attached hydrogen (secondary N) is 1. The van der Waals surface area contributed by atoms with Gasteiger partial charge in [-0.25, -0.2) is 0 Å². The van der Waals surface area contributed by atoms with Crippen molar-refractivity contribution in [3.05, 3.63) is 125 Å². The molecule has 48 heavy (non-hydrogen) atoms. The van der Waals surface area contributed by atoms with Crippen LogP contribution in [0.5, 0.6) is 0 Å². The van der Waals surface area contributed by atoms with Crippen molar-refractivity contribution >= 4 is 56.9 Å². The first-order valence-corrected chi connectivity index (χ1v) is 16.3. The molecule has 3 N–H and O–H groups in total. The van der Waals surface area contributed by atoms with Crippen LogP contribution in [0, 0.1) is 0 Å². The van der Waals surface area contributed by atoms with Crippen LogP contribution in [0.3, 0.4) is 0 Å². The Bertz CT molecular complexity index is 2010. The molecule has 6 rings (SSSR count). The molecule has 0 aliphatic carbocycles. The zero-order valence-electron chi connectivity index (χ0n) is 26.5. The number of halogens is 1. The lowest BCUT2D eigenvalue weighted by molar-refractivity contribution is -0.148. The second-order valence-corrected chi connectivity index (χ2v) is 12.6. The molecule has 2 heterocycles. The zero-order chi connectivity index (χ0) is 33.8. The summed E-state index contributed by atoms with van der Waals surface area (Å²) >= 11 is 6.38. The zero-order valence-corrected chi connectivity index (χ0v) is 27.3. The lowest BCUT2D eigenvalue weighted by Crippen LogP contribution is -2.53. The molecule has 10 heteroatoms. The highest BCUT2D eigenvalue weighted by atomic mass is 35.5. The third-order valence-corrected chi connectivity index (χ3v) is 9.21. The summed E-state index contributed by atoms with van der Waals surface area (Å²) in [6.07, 6.45) is 2.40. The van der Waals surface area contributed by atoms with E-state index in [4.69, 9.17) is 17.3 Å². The number of benzene rings is 4. The van der Waals surface area contributed by atoms with E-state index < -0.39 is 35.8 Å². The van der Waals surface area contributed by atoms with Crippen molar-refractivity contribution in [2.45, 2.75) is 44.3 Å². The minimum absolute atomic E-state index is 0.0760. The fourth-order valence-electron chi connectivity index (χ4n) is 6.58. The van der Waals surface area contributed by atoms with Crippen LogP contribution in [-0.2, 0) is 32.0 Å². The topological polar surface area (TPSA) is 126 Å². The molecule has 0 spiro atoms. The molecular weight excluding hydrogens is 626 g/mol. The van der Waals surface area contributed by atoms with Crippen molar-refractivity contribution < 1.29 is 19.2 Å². The Balaban J connectivity index is 1.26. The van der Waals surface area contributed by atoms with Gasteiger partial charge in [0, 0.05) is 35.6 Å². The van der Waals surface area contributed by atoms with E-state index in [-0.39, 0.29) is 31.8 Å². The highest BCUT2D eigenvalue weighted by molar-refractivity contribution is 6.30. The third kappa shape index (κ3) is 7.01. The van der Waals surface area contributed by atoms with Crippen LogP contribution in [0.15, 0.2) is 103 Å². The van der Waals surface area contributed by atoms with Crippen LogP contribution in [0.2, 0.25) is 5.02 Å². The number of fused-ring (bicyclic) bond motifs is 2. The molecule has 0 unspecified atom stereocenters. The number of carbonyl (C=O) groups excluding carboxylic acids is 4. The van der Waals surface area contributed by atoms with Gasteiger partial charge in [-0.3, -0.25) is 24.2 Å². The number of nitrogens with two attached hydrogens (primary N) is 1. The smallest absolute Gasteiger partial charge is 0.250 e. The van der Waals surface area contributed by atoms with Gasteiger partial charge in [-0.1, -0.05) is 78.3 Å². The molecule has 3 atom stereocenters. The summed E-state index contributed by atoms with van der Waals surface area (Å²) in [7, 11) is 0. The first-order chi connectivity index (χ1) is 23.2. The van der Waals surface area contributed by atoms with Gasteiger partial charge >= 0.3 is 0 Å².